The first-order valence-electron chi connectivity index (χ1n) is 5.03. The molecule has 14 heavy (non-hydrogen) atoms. The van der Waals surface area contributed by atoms with Crippen molar-refractivity contribution in [2.45, 2.75) is 38.8 Å². The van der Waals surface area contributed by atoms with Gasteiger partial charge in [0.25, 0.3) is 0 Å². The summed E-state index contributed by atoms with van der Waals surface area (Å²) in [5.41, 5.74) is 1.08. The largest absolute Gasteiger partial charge is 0.340 e. The SMILES string of the molecule is CC1OC(C)(c2ccccc2)OC1C. The molecule has 0 aromatic heterocycles. The summed E-state index contributed by atoms with van der Waals surface area (Å²) >= 11 is 0. The minimum atomic E-state index is -0.569. The molecule has 1 aromatic carbocycles. The number of rotatable bonds is 1. The van der Waals surface area contributed by atoms with Crippen LogP contribution in [0.5, 0.6) is 0 Å². The molecule has 2 atom stereocenters. The van der Waals surface area contributed by atoms with E-state index >= 15 is 0 Å². The van der Waals surface area contributed by atoms with Gasteiger partial charge in [0.15, 0.2) is 5.79 Å². The molecule has 2 unspecified atom stereocenters. The van der Waals surface area contributed by atoms with Gasteiger partial charge in [-0.2, -0.15) is 0 Å². The lowest BCUT2D eigenvalue weighted by Crippen LogP contribution is -2.23. The van der Waals surface area contributed by atoms with Crippen LogP contribution in [-0.4, -0.2) is 12.2 Å². The summed E-state index contributed by atoms with van der Waals surface area (Å²) in [6, 6.07) is 10.1. The molecule has 0 amide bonds. The minimum Gasteiger partial charge on any atom is -0.340 e. The highest BCUT2D eigenvalue weighted by atomic mass is 16.8. The third-order valence-corrected chi connectivity index (χ3v) is 2.78. The molecule has 1 saturated heterocycles. The molecule has 0 saturated carbocycles. The Labute approximate surface area is 84.8 Å². The van der Waals surface area contributed by atoms with E-state index in [0.717, 1.165) is 5.56 Å². The fourth-order valence-electron chi connectivity index (χ4n) is 1.81. The predicted molar refractivity (Wildman–Crippen MR) is 54.9 cm³/mol. The van der Waals surface area contributed by atoms with E-state index in [1.54, 1.807) is 0 Å². The van der Waals surface area contributed by atoms with Crippen LogP contribution in [0.25, 0.3) is 0 Å². The number of hydrogen-bond donors (Lipinski definition) is 0. The second-order valence-electron chi connectivity index (χ2n) is 3.96. The van der Waals surface area contributed by atoms with Gasteiger partial charge in [0.2, 0.25) is 0 Å². The van der Waals surface area contributed by atoms with Crippen LogP contribution in [0.3, 0.4) is 0 Å². The quantitative estimate of drug-likeness (QED) is 0.681. The van der Waals surface area contributed by atoms with Gasteiger partial charge in [-0.05, 0) is 20.8 Å². The molecule has 2 nitrogen and oxygen atoms in total. The molecule has 0 N–H and O–H groups in total. The van der Waals surface area contributed by atoms with Crippen LogP contribution in [0, 0.1) is 0 Å². The molecule has 1 aromatic rings. The Morgan fingerprint density at radius 2 is 1.50 bits per heavy atom. The zero-order valence-corrected chi connectivity index (χ0v) is 8.86. The lowest BCUT2D eigenvalue weighted by molar-refractivity contribution is -0.166. The van der Waals surface area contributed by atoms with Crippen molar-refractivity contribution < 1.29 is 9.47 Å². The summed E-state index contributed by atoms with van der Waals surface area (Å²) in [7, 11) is 0. The van der Waals surface area contributed by atoms with Gasteiger partial charge in [-0.15, -0.1) is 0 Å². The summed E-state index contributed by atoms with van der Waals surface area (Å²) in [6.45, 7) is 6.06. The third-order valence-electron chi connectivity index (χ3n) is 2.78. The van der Waals surface area contributed by atoms with E-state index in [9.17, 15) is 0 Å². The maximum Gasteiger partial charge on any atom is 0.192 e. The first kappa shape index (κ1) is 9.69. The maximum atomic E-state index is 5.82. The number of benzene rings is 1. The highest BCUT2D eigenvalue weighted by Gasteiger charge is 2.41. The second kappa shape index (κ2) is 3.37. The maximum absolute atomic E-state index is 5.82. The van der Waals surface area contributed by atoms with Gasteiger partial charge in [-0.3, -0.25) is 0 Å². The van der Waals surface area contributed by atoms with Crippen molar-refractivity contribution in [1.29, 1.82) is 0 Å². The molecule has 1 fully saturated rings. The van der Waals surface area contributed by atoms with Crippen molar-refractivity contribution in [2.75, 3.05) is 0 Å². The highest BCUT2D eigenvalue weighted by molar-refractivity contribution is 5.20. The smallest absolute Gasteiger partial charge is 0.192 e. The minimum absolute atomic E-state index is 0.153. The molecule has 0 aliphatic carbocycles. The lowest BCUT2D eigenvalue weighted by atomic mass is 10.1. The van der Waals surface area contributed by atoms with Crippen molar-refractivity contribution in [3.8, 4) is 0 Å². The molecule has 1 aliphatic heterocycles. The zero-order chi connectivity index (χ0) is 10.2. The normalized spacial score (nSPS) is 37.4. The van der Waals surface area contributed by atoms with Gasteiger partial charge in [0.1, 0.15) is 0 Å². The van der Waals surface area contributed by atoms with Gasteiger partial charge in [-0.25, -0.2) is 0 Å². The Morgan fingerprint density at radius 1 is 1.00 bits per heavy atom. The van der Waals surface area contributed by atoms with Crippen molar-refractivity contribution in [3.05, 3.63) is 35.9 Å². The lowest BCUT2D eigenvalue weighted by Gasteiger charge is -2.23. The second-order valence-corrected chi connectivity index (χ2v) is 3.96. The van der Waals surface area contributed by atoms with E-state index < -0.39 is 5.79 Å². The van der Waals surface area contributed by atoms with Gasteiger partial charge < -0.3 is 9.47 Å². The summed E-state index contributed by atoms with van der Waals surface area (Å²) in [4.78, 5) is 0. The number of hydrogen-bond acceptors (Lipinski definition) is 2. The Kier molecular flexibility index (Phi) is 2.33. The molecule has 76 valence electrons. The van der Waals surface area contributed by atoms with E-state index in [1.807, 2.05) is 51.1 Å². The van der Waals surface area contributed by atoms with Crippen molar-refractivity contribution in [3.63, 3.8) is 0 Å². The molecule has 1 heterocycles. The van der Waals surface area contributed by atoms with Crippen LogP contribution in [0.1, 0.15) is 26.3 Å². The van der Waals surface area contributed by atoms with Crippen molar-refractivity contribution >= 4 is 0 Å². The zero-order valence-electron chi connectivity index (χ0n) is 8.86. The Hall–Kier alpha value is -0.860. The Bertz CT molecular complexity index is 297. The molecular weight excluding hydrogens is 176 g/mol. The van der Waals surface area contributed by atoms with E-state index in [1.165, 1.54) is 0 Å². The van der Waals surface area contributed by atoms with E-state index in [2.05, 4.69) is 0 Å². The van der Waals surface area contributed by atoms with Crippen LogP contribution in [0.2, 0.25) is 0 Å². The average molecular weight is 192 g/mol. The van der Waals surface area contributed by atoms with E-state index in [4.69, 9.17) is 9.47 Å². The van der Waals surface area contributed by atoms with Crippen molar-refractivity contribution in [2.24, 2.45) is 0 Å². The fraction of sp³-hybridized carbons (Fsp3) is 0.500. The molecule has 0 spiro atoms. The van der Waals surface area contributed by atoms with Crippen molar-refractivity contribution in [1.82, 2.24) is 0 Å². The van der Waals surface area contributed by atoms with E-state index in [-0.39, 0.29) is 12.2 Å². The number of ether oxygens (including phenoxy) is 2. The molecule has 0 bridgehead atoms. The van der Waals surface area contributed by atoms with Gasteiger partial charge in [0, 0.05) is 5.56 Å². The summed E-state index contributed by atoms with van der Waals surface area (Å²) in [5, 5.41) is 0. The summed E-state index contributed by atoms with van der Waals surface area (Å²) < 4.78 is 11.6. The van der Waals surface area contributed by atoms with Gasteiger partial charge in [0.05, 0.1) is 12.2 Å². The first-order valence-corrected chi connectivity index (χ1v) is 5.03. The Morgan fingerprint density at radius 3 is 2.00 bits per heavy atom. The summed E-state index contributed by atoms with van der Waals surface area (Å²) in [6.07, 6.45) is 0.306. The topological polar surface area (TPSA) is 18.5 Å². The standard InChI is InChI=1S/C12H16O2/c1-9-10(2)14-12(3,13-9)11-7-5-4-6-8-11/h4-10H,1-3H3. The molecule has 2 heteroatoms. The monoisotopic (exact) mass is 192 g/mol. The van der Waals surface area contributed by atoms with Gasteiger partial charge >= 0.3 is 0 Å². The Balaban J connectivity index is 2.27. The fourth-order valence-corrected chi connectivity index (χ4v) is 1.81. The molecule has 2 rings (SSSR count). The molecule has 1 aliphatic rings. The first-order chi connectivity index (χ1) is 6.62. The summed E-state index contributed by atoms with van der Waals surface area (Å²) in [5.74, 6) is -0.569. The van der Waals surface area contributed by atoms with Gasteiger partial charge in [-0.1, -0.05) is 30.3 Å². The van der Waals surface area contributed by atoms with Crippen LogP contribution < -0.4 is 0 Å². The van der Waals surface area contributed by atoms with E-state index in [0.29, 0.717) is 0 Å². The van der Waals surface area contributed by atoms with Crippen LogP contribution in [0.4, 0.5) is 0 Å². The third kappa shape index (κ3) is 1.56. The molecule has 0 radical (unpaired) electrons. The van der Waals surface area contributed by atoms with Crippen LogP contribution >= 0.6 is 0 Å². The molecular formula is C12H16O2. The highest BCUT2D eigenvalue weighted by Crippen LogP contribution is 2.36. The average Bonchev–Trinajstić information content (AvgIpc) is 2.44. The predicted octanol–water partition coefficient (Wildman–Crippen LogP) is 2.68. The van der Waals surface area contributed by atoms with Crippen LogP contribution in [-0.2, 0) is 15.3 Å². The van der Waals surface area contributed by atoms with Crippen LogP contribution in [0.15, 0.2) is 30.3 Å².